The minimum atomic E-state index is -0.723. The van der Waals surface area contributed by atoms with Crippen LogP contribution in [-0.4, -0.2) is 58.3 Å². The first kappa shape index (κ1) is 19.9. The van der Waals surface area contributed by atoms with Gasteiger partial charge >= 0.3 is 0 Å². The van der Waals surface area contributed by atoms with Crippen LogP contribution in [-0.2, 0) is 6.42 Å². The van der Waals surface area contributed by atoms with Crippen molar-refractivity contribution in [1.82, 2.24) is 15.1 Å². The van der Waals surface area contributed by atoms with Crippen molar-refractivity contribution >= 4 is 17.3 Å². The molecule has 30 heavy (non-hydrogen) atoms. The van der Waals surface area contributed by atoms with Crippen LogP contribution in [0.1, 0.15) is 35.6 Å². The lowest BCUT2D eigenvalue weighted by Crippen LogP contribution is -2.64. The van der Waals surface area contributed by atoms with Crippen LogP contribution in [0.15, 0.2) is 48.5 Å². The van der Waals surface area contributed by atoms with E-state index in [1.807, 2.05) is 18.2 Å². The van der Waals surface area contributed by atoms with Gasteiger partial charge in [0.25, 0.3) is 0 Å². The van der Waals surface area contributed by atoms with Gasteiger partial charge in [0.15, 0.2) is 5.11 Å². The highest BCUT2D eigenvalue weighted by Gasteiger charge is 2.45. The fourth-order valence-corrected chi connectivity index (χ4v) is 5.73. The van der Waals surface area contributed by atoms with Crippen molar-refractivity contribution in [2.75, 3.05) is 32.7 Å². The summed E-state index contributed by atoms with van der Waals surface area (Å²) in [5, 5.41) is 15.3. The Morgan fingerprint density at radius 1 is 1.10 bits per heavy atom. The fourth-order valence-electron chi connectivity index (χ4n) is 5.47. The van der Waals surface area contributed by atoms with Crippen LogP contribution in [0, 0.1) is 11.7 Å². The largest absolute Gasteiger partial charge is 0.386 e. The smallest absolute Gasteiger partial charge is 0.169 e. The van der Waals surface area contributed by atoms with Gasteiger partial charge in [-0.15, -0.1) is 0 Å². The molecule has 4 nitrogen and oxygen atoms in total. The third-order valence-electron chi connectivity index (χ3n) is 7.12. The highest BCUT2D eigenvalue weighted by molar-refractivity contribution is 7.80. The van der Waals surface area contributed by atoms with E-state index in [1.54, 1.807) is 0 Å². The third kappa shape index (κ3) is 3.61. The van der Waals surface area contributed by atoms with Crippen LogP contribution in [0.2, 0.25) is 0 Å². The lowest BCUT2D eigenvalue weighted by Gasteiger charge is -2.50. The summed E-state index contributed by atoms with van der Waals surface area (Å²) in [5.41, 5.74) is 2.82. The number of fused-ring (bicyclic) bond motifs is 4. The molecule has 6 heteroatoms. The molecule has 0 aliphatic carbocycles. The van der Waals surface area contributed by atoms with Crippen molar-refractivity contribution in [2.45, 2.75) is 30.9 Å². The van der Waals surface area contributed by atoms with Gasteiger partial charge < -0.3 is 20.2 Å². The summed E-state index contributed by atoms with van der Waals surface area (Å²) in [6.45, 7) is 4.16. The van der Waals surface area contributed by atoms with E-state index in [1.165, 1.54) is 23.3 Å². The first-order valence-corrected chi connectivity index (χ1v) is 11.3. The molecule has 3 saturated heterocycles. The Labute approximate surface area is 182 Å². The van der Waals surface area contributed by atoms with Crippen LogP contribution in [0.25, 0.3) is 0 Å². The molecule has 2 N–H and O–H groups in total. The first-order valence-electron chi connectivity index (χ1n) is 10.9. The average molecular weight is 426 g/mol. The summed E-state index contributed by atoms with van der Waals surface area (Å²) in [7, 11) is 0. The van der Waals surface area contributed by atoms with Crippen molar-refractivity contribution in [1.29, 1.82) is 0 Å². The zero-order chi connectivity index (χ0) is 20.7. The molecule has 0 amide bonds. The fraction of sp³-hybridized carbons (Fsp3) is 0.458. The predicted molar refractivity (Wildman–Crippen MR) is 120 cm³/mol. The molecule has 2 aromatic rings. The number of nitrogens with zero attached hydrogens (tertiary/aromatic N) is 2. The maximum atomic E-state index is 13.6. The van der Waals surface area contributed by atoms with Gasteiger partial charge in [-0.3, -0.25) is 0 Å². The van der Waals surface area contributed by atoms with E-state index in [2.05, 4.69) is 33.3 Å². The maximum absolute atomic E-state index is 13.6. The molecule has 3 fully saturated rings. The molecule has 2 bridgehead atoms. The molecule has 4 aliphatic rings. The van der Waals surface area contributed by atoms with E-state index < -0.39 is 5.60 Å². The van der Waals surface area contributed by atoms with Crippen molar-refractivity contribution in [3.05, 3.63) is 71.0 Å². The van der Waals surface area contributed by atoms with Gasteiger partial charge in [-0.2, -0.15) is 0 Å². The maximum Gasteiger partial charge on any atom is 0.169 e. The van der Waals surface area contributed by atoms with E-state index in [9.17, 15) is 9.50 Å². The summed E-state index contributed by atoms with van der Waals surface area (Å²) in [5.74, 6) is 0.104. The Morgan fingerprint density at radius 2 is 1.83 bits per heavy atom. The van der Waals surface area contributed by atoms with E-state index >= 15 is 0 Å². The van der Waals surface area contributed by atoms with Crippen molar-refractivity contribution in [3.8, 4) is 0 Å². The number of nitrogens with one attached hydrogen (secondary N) is 1. The Kier molecular flexibility index (Phi) is 5.25. The molecule has 158 valence electrons. The Balaban J connectivity index is 1.38. The summed E-state index contributed by atoms with van der Waals surface area (Å²) in [4.78, 5) is 4.54. The number of thiocarbonyl (C=S) groups is 1. The van der Waals surface area contributed by atoms with Crippen molar-refractivity contribution in [2.24, 2.45) is 5.92 Å². The topological polar surface area (TPSA) is 38.7 Å². The van der Waals surface area contributed by atoms with Gasteiger partial charge in [0.1, 0.15) is 5.82 Å². The van der Waals surface area contributed by atoms with Crippen molar-refractivity contribution < 1.29 is 9.50 Å². The van der Waals surface area contributed by atoms with Crippen molar-refractivity contribution in [3.63, 3.8) is 0 Å². The van der Waals surface area contributed by atoms with Gasteiger partial charge in [-0.25, -0.2) is 4.39 Å². The predicted octanol–water partition coefficient (Wildman–Crippen LogP) is 3.10. The lowest BCUT2D eigenvalue weighted by atomic mass is 9.75. The second kappa shape index (κ2) is 7.91. The normalized spacial score (nSPS) is 30.1. The van der Waals surface area contributed by atoms with E-state index in [-0.39, 0.29) is 11.9 Å². The average Bonchev–Trinajstić information content (AvgIpc) is 2.78. The van der Waals surface area contributed by atoms with E-state index in [0.717, 1.165) is 51.0 Å². The number of aliphatic hydroxyl groups is 1. The standard InChI is InChI=1S/C24H28FN3OS/c25-20-7-5-18(6-8-20)22-21-4-2-1-3-17(21)9-14-28(22)23(30)26-15-24(29)16-27-12-10-19(24)11-13-27/h1-8,19,22,29H,9-16H2,(H,26,30)/t22-,24?/m0/s1. The summed E-state index contributed by atoms with van der Waals surface area (Å²) in [6, 6.07) is 15.1. The van der Waals surface area contributed by atoms with Crippen LogP contribution in [0.5, 0.6) is 0 Å². The number of halogens is 1. The molecular formula is C24H28FN3OS. The third-order valence-corrected chi connectivity index (χ3v) is 7.50. The van der Waals surface area contributed by atoms with E-state index in [0.29, 0.717) is 17.6 Å². The quantitative estimate of drug-likeness (QED) is 0.740. The zero-order valence-corrected chi connectivity index (χ0v) is 17.9. The SMILES string of the molecule is OC1(CNC(=S)N2CCc3ccccc3[C@@H]2c2ccc(F)cc2)CN2CCC1CC2. The molecule has 0 spiro atoms. The summed E-state index contributed by atoms with van der Waals surface area (Å²) < 4.78 is 13.6. The minimum Gasteiger partial charge on any atom is -0.386 e. The molecule has 2 atom stereocenters. The molecule has 0 aromatic heterocycles. The van der Waals surface area contributed by atoms with Gasteiger partial charge in [-0.05, 0) is 79.3 Å². The molecular weight excluding hydrogens is 397 g/mol. The molecule has 6 rings (SSSR count). The molecule has 1 unspecified atom stereocenters. The summed E-state index contributed by atoms with van der Waals surface area (Å²) in [6.07, 6.45) is 3.02. The number of piperidine rings is 3. The Hall–Kier alpha value is -2.02. The molecule has 0 saturated carbocycles. The minimum absolute atomic E-state index is 0.0586. The second-order valence-corrected chi connectivity index (χ2v) is 9.30. The first-order chi connectivity index (χ1) is 14.5. The molecule has 2 aromatic carbocycles. The zero-order valence-electron chi connectivity index (χ0n) is 17.1. The van der Waals surface area contributed by atoms with Crippen LogP contribution >= 0.6 is 12.2 Å². The van der Waals surface area contributed by atoms with Crippen LogP contribution in [0.4, 0.5) is 4.39 Å². The van der Waals surface area contributed by atoms with Gasteiger partial charge in [0.05, 0.1) is 11.6 Å². The monoisotopic (exact) mass is 425 g/mol. The Bertz CT molecular complexity index is 928. The molecule has 0 radical (unpaired) electrons. The highest BCUT2D eigenvalue weighted by Crippen LogP contribution is 2.37. The molecule has 4 aliphatic heterocycles. The molecule has 4 heterocycles. The van der Waals surface area contributed by atoms with Gasteiger partial charge in [0, 0.05) is 19.6 Å². The Morgan fingerprint density at radius 3 is 2.53 bits per heavy atom. The number of rotatable bonds is 3. The number of hydrogen-bond acceptors (Lipinski definition) is 3. The van der Waals surface area contributed by atoms with E-state index in [4.69, 9.17) is 12.2 Å². The van der Waals surface area contributed by atoms with Gasteiger partial charge in [-0.1, -0.05) is 36.4 Å². The second-order valence-electron chi connectivity index (χ2n) is 8.91. The van der Waals surface area contributed by atoms with Crippen LogP contribution < -0.4 is 5.32 Å². The summed E-state index contributed by atoms with van der Waals surface area (Å²) >= 11 is 5.83. The van der Waals surface area contributed by atoms with Gasteiger partial charge in [0.2, 0.25) is 0 Å². The highest BCUT2D eigenvalue weighted by atomic mass is 32.1. The van der Waals surface area contributed by atoms with Crippen LogP contribution in [0.3, 0.4) is 0 Å². The lowest BCUT2D eigenvalue weighted by molar-refractivity contribution is -0.107. The number of hydrogen-bond donors (Lipinski definition) is 2. The number of benzene rings is 2.